The quantitative estimate of drug-likeness (QED) is 0.595. The fraction of sp³-hybridized carbons (Fsp3) is 0.176. The van der Waals surface area contributed by atoms with E-state index in [4.69, 9.17) is 11.6 Å². The van der Waals surface area contributed by atoms with Crippen molar-refractivity contribution in [3.8, 4) is 0 Å². The van der Waals surface area contributed by atoms with Crippen molar-refractivity contribution in [3.63, 3.8) is 0 Å². The molecule has 0 bridgehead atoms. The van der Waals surface area contributed by atoms with Gasteiger partial charge >= 0.3 is 0 Å². The first kappa shape index (κ1) is 17.2. The minimum atomic E-state index is -0.162. The molecule has 0 unspecified atom stereocenters. The second-order valence-electron chi connectivity index (χ2n) is 4.76. The molecule has 2 aromatic rings. The largest absolute Gasteiger partial charge is 0.352 e. The van der Waals surface area contributed by atoms with Crippen LogP contribution in [0.4, 0.5) is 0 Å². The smallest absolute Gasteiger partial charge is 0.261 e. The van der Waals surface area contributed by atoms with E-state index in [0.717, 1.165) is 5.56 Å². The summed E-state index contributed by atoms with van der Waals surface area (Å²) in [6.07, 6.45) is 3.88. The minimum absolute atomic E-state index is 0.0750. The van der Waals surface area contributed by atoms with Gasteiger partial charge < -0.3 is 10.6 Å². The zero-order chi connectivity index (χ0) is 16.5. The fourth-order valence-electron chi connectivity index (χ4n) is 1.80. The van der Waals surface area contributed by atoms with Crippen LogP contribution < -0.4 is 10.6 Å². The number of hydrogen-bond acceptors (Lipinski definition) is 3. The van der Waals surface area contributed by atoms with Gasteiger partial charge in [-0.15, -0.1) is 11.3 Å². The number of hydrogen-bond donors (Lipinski definition) is 2. The summed E-state index contributed by atoms with van der Waals surface area (Å²) in [5.41, 5.74) is 0.910. The summed E-state index contributed by atoms with van der Waals surface area (Å²) in [7, 11) is 0. The van der Waals surface area contributed by atoms with E-state index in [0.29, 0.717) is 29.4 Å². The molecule has 0 spiro atoms. The van der Waals surface area contributed by atoms with Crippen molar-refractivity contribution in [3.05, 3.63) is 63.3 Å². The van der Waals surface area contributed by atoms with Crippen LogP contribution in [0.2, 0.25) is 5.02 Å². The standard InChI is InChI=1S/C17H17ClN2O2S/c18-14-7-4-13(5-8-14)6-9-16(21)19-10-2-11-20-17(22)15-3-1-12-23-15/h1,3-9,12H,2,10-11H2,(H,19,21)(H,20,22). The number of amides is 2. The summed E-state index contributed by atoms with van der Waals surface area (Å²) < 4.78 is 0. The van der Waals surface area contributed by atoms with Crippen molar-refractivity contribution in [2.24, 2.45) is 0 Å². The molecular formula is C17H17ClN2O2S. The average molecular weight is 349 g/mol. The van der Waals surface area contributed by atoms with Crippen LogP contribution in [0, 0.1) is 0 Å². The van der Waals surface area contributed by atoms with E-state index in [-0.39, 0.29) is 11.8 Å². The van der Waals surface area contributed by atoms with Crippen LogP contribution in [-0.4, -0.2) is 24.9 Å². The molecule has 0 atom stereocenters. The predicted molar refractivity (Wildman–Crippen MR) is 94.8 cm³/mol. The average Bonchev–Trinajstić information content (AvgIpc) is 3.08. The van der Waals surface area contributed by atoms with Crippen molar-refractivity contribution in [2.45, 2.75) is 6.42 Å². The molecule has 0 saturated carbocycles. The normalized spacial score (nSPS) is 10.7. The summed E-state index contributed by atoms with van der Waals surface area (Å²) in [5, 5.41) is 8.11. The molecule has 0 saturated heterocycles. The van der Waals surface area contributed by atoms with E-state index in [1.165, 1.54) is 17.4 Å². The zero-order valence-corrected chi connectivity index (χ0v) is 14.0. The van der Waals surface area contributed by atoms with Crippen LogP contribution in [0.3, 0.4) is 0 Å². The second-order valence-corrected chi connectivity index (χ2v) is 6.15. The highest BCUT2D eigenvalue weighted by molar-refractivity contribution is 7.12. The van der Waals surface area contributed by atoms with Gasteiger partial charge in [0.2, 0.25) is 5.91 Å². The first-order valence-electron chi connectivity index (χ1n) is 7.18. The zero-order valence-electron chi connectivity index (χ0n) is 12.4. The number of nitrogens with one attached hydrogen (secondary N) is 2. The molecule has 0 fully saturated rings. The Kier molecular flexibility index (Phi) is 6.84. The van der Waals surface area contributed by atoms with Gasteiger partial charge in [0.1, 0.15) is 0 Å². The van der Waals surface area contributed by atoms with E-state index >= 15 is 0 Å². The van der Waals surface area contributed by atoms with Crippen molar-refractivity contribution >= 4 is 40.8 Å². The summed E-state index contributed by atoms with van der Waals surface area (Å²) in [4.78, 5) is 24.0. The topological polar surface area (TPSA) is 58.2 Å². The Morgan fingerprint density at radius 1 is 1.09 bits per heavy atom. The molecule has 0 aliphatic rings. The SMILES string of the molecule is O=C(C=Cc1ccc(Cl)cc1)NCCCNC(=O)c1cccs1. The molecule has 23 heavy (non-hydrogen) atoms. The maximum absolute atomic E-state index is 11.7. The molecule has 2 rings (SSSR count). The monoisotopic (exact) mass is 348 g/mol. The third-order valence-corrected chi connectivity index (χ3v) is 4.10. The van der Waals surface area contributed by atoms with Gasteiger partial charge in [0.25, 0.3) is 5.91 Å². The van der Waals surface area contributed by atoms with Crippen LogP contribution >= 0.6 is 22.9 Å². The van der Waals surface area contributed by atoms with Crippen LogP contribution in [0.25, 0.3) is 6.08 Å². The van der Waals surface area contributed by atoms with Gasteiger partial charge in [-0.2, -0.15) is 0 Å². The van der Waals surface area contributed by atoms with Gasteiger partial charge in [0.05, 0.1) is 4.88 Å². The first-order chi connectivity index (χ1) is 11.1. The van der Waals surface area contributed by atoms with Gasteiger partial charge in [-0.1, -0.05) is 29.8 Å². The Morgan fingerprint density at radius 3 is 2.52 bits per heavy atom. The lowest BCUT2D eigenvalue weighted by Gasteiger charge is -2.04. The van der Waals surface area contributed by atoms with Gasteiger partial charge in [0, 0.05) is 24.2 Å². The molecule has 1 aromatic heterocycles. The van der Waals surface area contributed by atoms with Crippen molar-refractivity contribution in [1.29, 1.82) is 0 Å². The highest BCUT2D eigenvalue weighted by Crippen LogP contribution is 2.10. The summed E-state index contributed by atoms with van der Waals surface area (Å²) in [5.74, 6) is -0.238. The maximum atomic E-state index is 11.7. The van der Waals surface area contributed by atoms with Crippen molar-refractivity contribution in [1.82, 2.24) is 10.6 Å². The number of thiophene rings is 1. The van der Waals surface area contributed by atoms with Crippen LogP contribution in [0.15, 0.2) is 47.9 Å². The molecule has 0 radical (unpaired) electrons. The van der Waals surface area contributed by atoms with E-state index in [1.54, 1.807) is 24.3 Å². The van der Waals surface area contributed by atoms with Crippen LogP contribution in [-0.2, 0) is 4.79 Å². The molecule has 1 heterocycles. The molecule has 120 valence electrons. The molecule has 1 aromatic carbocycles. The Hall–Kier alpha value is -2.11. The molecule has 4 nitrogen and oxygen atoms in total. The summed E-state index contributed by atoms with van der Waals surface area (Å²) >= 11 is 7.20. The molecular weight excluding hydrogens is 332 g/mol. The van der Waals surface area contributed by atoms with Gasteiger partial charge in [-0.05, 0) is 41.6 Å². The number of carbonyl (C=O) groups excluding carboxylic acids is 2. The number of rotatable bonds is 7. The molecule has 0 aliphatic heterocycles. The second kappa shape index (κ2) is 9.12. The van der Waals surface area contributed by atoms with E-state index < -0.39 is 0 Å². The van der Waals surface area contributed by atoms with Gasteiger partial charge in [-0.3, -0.25) is 9.59 Å². The third-order valence-electron chi connectivity index (χ3n) is 2.98. The molecule has 2 amide bonds. The highest BCUT2D eigenvalue weighted by Gasteiger charge is 2.04. The first-order valence-corrected chi connectivity index (χ1v) is 8.44. The van der Waals surface area contributed by atoms with Gasteiger partial charge in [-0.25, -0.2) is 0 Å². The molecule has 6 heteroatoms. The Balaban J connectivity index is 1.61. The predicted octanol–water partition coefficient (Wildman–Crippen LogP) is 3.35. The van der Waals surface area contributed by atoms with Crippen LogP contribution in [0.1, 0.15) is 21.7 Å². The molecule has 2 N–H and O–H groups in total. The lowest BCUT2D eigenvalue weighted by atomic mass is 10.2. The van der Waals surface area contributed by atoms with E-state index in [2.05, 4.69) is 10.6 Å². The lowest BCUT2D eigenvalue weighted by molar-refractivity contribution is -0.116. The number of benzene rings is 1. The third kappa shape index (κ3) is 6.26. The highest BCUT2D eigenvalue weighted by atomic mass is 35.5. The molecule has 0 aliphatic carbocycles. The summed E-state index contributed by atoms with van der Waals surface area (Å²) in [6.45, 7) is 1.03. The number of carbonyl (C=O) groups is 2. The van der Waals surface area contributed by atoms with E-state index in [1.807, 2.05) is 23.6 Å². The Labute approximate surface area is 144 Å². The van der Waals surface area contributed by atoms with Gasteiger partial charge in [0.15, 0.2) is 0 Å². The maximum Gasteiger partial charge on any atom is 0.261 e. The Morgan fingerprint density at radius 2 is 1.83 bits per heavy atom. The van der Waals surface area contributed by atoms with Crippen molar-refractivity contribution in [2.75, 3.05) is 13.1 Å². The lowest BCUT2D eigenvalue weighted by Crippen LogP contribution is -2.28. The van der Waals surface area contributed by atoms with Crippen molar-refractivity contribution < 1.29 is 9.59 Å². The summed E-state index contributed by atoms with van der Waals surface area (Å²) in [6, 6.07) is 10.8. The fourth-order valence-corrected chi connectivity index (χ4v) is 2.57. The minimum Gasteiger partial charge on any atom is -0.352 e. The number of halogens is 1. The van der Waals surface area contributed by atoms with E-state index in [9.17, 15) is 9.59 Å². The van der Waals surface area contributed by atoms with Crippen LogP contribution in [0.5, 0.6) is 0 Å². The Bertz CT molecular complexity index is 666.